The van der Waals surface area contributed by atoms with Crippen LogP contribution in [-0.4, -0.2) is 6.71 Å². The third-order valence-corrected chi connectivity index (χ3v) is 12.3. The van der Waals surface area contributed by atoms with Gasteiger partial charge in [0, 0.05) is 29.0 Å². The van der Waals surface area contributed by atoms with E-state index in [1.54, 1.807) is 0 Å². The number of ether oxygens (including phenoxy) is 2. The molecule has 5 aromatic carbocycles. The maximum absolute atomic E-state index is 9.73. The molecule has 4 aliphatic carbocycles. The summed E-state index contributed by atoms with van der Waals surface area (Å²) in [6, 6.07) is -1.12. The summed E-state index contributed by atoms with van der Waals surface area (Å²) in [5.41, 5.74) is -0.378. The maximum Gasteiger partial charge on any atom is 0.260 e. The molecular formula is C50H52BNO2. The zero-order valence-electron chi connectivity index (χ0n) is 45.7. The Balaban J connectivity index is 1.20. The highest BCUT2D eigenvalue weighted by atomic mass is 16.5. The fraction of sp³-hybridized carbons (Fsp3) is 0.400. The summed E-state index contributed by atoms with van der Waals surface area (Å²) in [5.74, 6) is 0.939. The smallest absolute Gasteiger partial charge is 0.260 e. The lowest BCUT2D eigenvalue weighted by Gasteiger charge is -2.36. The first-order chi connectivity index (χ1) is 31.9. The van der Waals surface area contributed by atoms with Gasteiger partial charge in [-0.1, -0.05) is 89.9 Å². The van der Waals surface area contributed by atoms with E-state index in [0.717, 1.165) is 38.5 Å². The topological polar surface area (TPSA) is 21.7 Å². The average Bonchev–Trinajstić information content (AvgIpc) is 4.02. The van der Waals surface area contributed by atoms with Gasteiger partial charge in [-0.15, -0.1) is 0 Å². The summed E-state index contributed by atoms with van der Waals surface area (Å²) < 4.78 is 146. The highest BCUT2D eigenvalue weighted by Gasteiger charge is 2.49. The van der Waals surface area contributed by atoms with Crippen LogP contribution in [0.25, 0.3) is 0 Å². The van der Waals surface area contributed by atoms with Gasteiger partial charge in [-0.25, -0.2) is 0 Å². The molecule has 3 nitrogen and oxygen atoms in total. The fourth-order valence-electron chi connectivity index (χ4n) is 8.74. The number of anilines is 3. The molecule has 5 aromatic rings. The van der Waals surface area contributed by atoms with Crippen molar-refractivity contribution in [3.8, 4) is 23.0 Å². The van der Waals surface area contributed by atoms with Crippen molar-refractivity contribution >= 4 is 40.2 Å². The molecule has 0 radical (unpaired) electrons. The van der Waals surface area contributed by atoms with Crippen molar-refractivity contribution in [3.63, 3.8) is 0 Å². The lowest BCUT2D eigenvalue weighted by molar-refractivity contribution is 0.464. The molecule has 4 unspecified atom stereocenters. The number of fused-ring (bicyclic) bond motifs is 4. The first-order valence-electron chi connectivity index (χ1n) is 26.7. The van der Waals surface area contributed by atoms with E-state index >= 15 is 0 Å². The number of hydrogen-bond donors (Lipinski definition) is 0. The molecule has 2 aliphatic heterocycles. The van der Waals surface area contributed by atoms with Crippen LogP contribution in [0.5, 0.6) is 23.0 Å². The monoisotopic (exact) mass is 723 g/mol. The van der Waals surface area contributed by atoms with Crippen LogP contribution >= 0.6 is 0 Å². The van der Waals surface area contributed by atoms with Crippen LogP contribution in [0.3, 0.4) is 0 Å². The summed E-state index contributed by atoms with van der Waals surface area (Å²) >= 11 is 0. The van der Waals surface area contributed by atoms with E-state index in [2.05, 4.69) is 0 Å². The minimum absolute atomic E-state index is 0.00825. The first-order valence-corrected chi connectivity index (χ1v) is 19.7. The van der Waals surface area contributed by atoms with Gasteiger partial charge in [-0.3, -0.25) is 0 Å². The SMILES string of the molecule is [2H]c1c([2H])c(C(C)(C)C)c([2H])c2c1Oc1cc(N(c3c([2H])c([2H])c(C4CC4C4CC4)c([2H])c3[2H])c3c([2H])c([2H])c(C4CC4C4CC4)c([2H])c3[2H])cc3c1B2c1c([2H])c(C(C)(C)C)c([2H])c([2H])c1O3. The summed E-state index contributed by atoms with van der Waals surface area (Å²) in [4.78, 5) is 1.21. The van der Waals surface area contributed by atoms with Crippen LogP contribution in [0.1, 0.15) is 133 Å². The normalized spacial score (nSPS) is 27.0. The Bertz CT molecular complexity index is 2860. The van der Waals surface area contributed by atoms with Crippen LogP contribution in [-0.2, 0) is 10.8 Å². The molecule has 11 rings (SSSR count). The summed E-state index contributed by atoms with van der Waals surface area (Å²) in [7, 11) is 0. The summed E-state index contributed by atoms with van der Waals surface area (Å²) in [5, 5.41) is 0. The molecule has 2 heterocycles. The molecule has 4 atom stereocenters. The van der Waals surface area contributed by atoms with Gasteiger partial charge in [-0.05, 0) is 154 Å². The highest BCUT2D eigenvalue weighted by Crippen LogP contribution is 2.60. The van der Waals surface area contributed by atoms with Crippen LogP contribution < -0.4 is 30.8 Å². The largest absolute Gasteiger partial charge is 0.458 e. The van der Waals surface area contributed by atoms with Gasteiger partial charge in [0.25, 0.3) is 6.71 Å². The van der Waals surface area contributed by atoms with Gasteiger partial charge in [-0.2, -0.15) is 0 Å². The van der Waals surface area contributed by atoms with Crippen LogP contribution in [0.15, 0.2) is 96.7 Å². The second-order valence-corrected chi connectivity index (χ2v) is 18.5. The number of rotatable bonds is 7. The van der Waals surface area contributed by atoms with Gasteiger partial charge >= 0.3 is 0 Å². The van der Waals surface area contributed by atoms with Crippen LogP contribution in [0.4, 0.5) is 17.1 Å². The van der Waals surface area contributed by atoms with E-state index in [4.69, 9.17) is 9.47 Å². The Morgan fingerprint density at radius 2 is 0.981 bits per heavy atom. The van der Waals surface area contributed by atoms with Gasteiger partial charge in [0.2, 0.25) is 0 Å². The lowest BCUT2D eigenvalue weighted by Crippen LogP contribution is -2.57. The average molecular weight is 724 g/mol. The van der Waals surface area contributed by atoms with Crippen molar-refractivity contribution in [3.05, 3.63) is 119 Å². The van der Waals surface area contributed by atoms with E-state index in [1.165, 1.54) is 17.0 Å². The second kappa shape index (κ2) is 11.5. The second-order valence-electron chi connectivity index (χ2n) is 18.5. The third-order valence-electron chi connectivity index (χ3n) is 12.3. The van der Waals surface area contributed by atoms with Crippen LogP contribution in [0.2, 0.25) is 0 Å². The van der Waals surface area contributed by atoms with Gasteiger partial charge in [0.15, 0.2) is 0 Å². The van der Waals surface area contributed by atoms with Gasteiger partial charge < -0.3 is 14.4 Å². The Morgan fingerprint density at radius 3 is 1.37 bits per heavy atom. The molecule has 4 saturated carbocycles. The first kappa shape index (κ1) is 21.6. The number of benzene rings is 5. The van der Waals surface area contributed by atoms with Crippen LogP contribution in [0, 0.1) is 23.7 Å². The molecule has 4 fully saturated rings. The number of hydrogen-bond acceptors (Lipinski definition) is 3. The molecule has 0 amide bonds. The van der Waals surface area contributed by atoms with E-state index in [0.29, 0.717) is 28.4 Å². The predicted molar refractivity (Wildman–Crippen MR) is 223 cm³/mol. The van der Waals surface area contributed by atoms with Crippen molar-refractivity contribution in [1.82, 2.24) is 0 Å². The Kier molecular flexibility index (Phi) is 4.62. The molecule has 0 aromatic heterocycles. The standard InChI is InChI=1S/C50H52BNO2/c1-49(2,3)33-15-21-44-42(23-33)51-43-24-34(50(4,5)6)16-22-45(43)54-47-26-37(25-46(53-44)48(47)51)52(35-17-11-31(12-18-35)40-27-38(40)29-7-8-29)36-19-13-32(14-20-36)41-28-39(41)30-9-10-30/h11-26,29-30,38-41H,7-10,27-28H2,1-6H3/i11D,12D,13D,14D,15D,16D,17D,18D,19D,20D,21D,22D,23D,24D. The highest BCUT2D eigenvalue weighted by molar-refractivity contribution is 6.98. The maximum atomic E-state index is 9.73. The molecule has 0 saturated heterocycles. The van der Waals surface area contributed by atoms with E-state index in [9.17, 15) is 19.2 Å². The molecule has 0 bridgehead atoms. The third kappa shape index (κ3) is 5.61. The zero-order valence-corrected chi connectivity index (χ0v) is 31.7. The molecule has 4 heteroatoms. The van der Waals surface area contributed by atoms with E-state index < -0.39 is 41.7 Å². The molecular weight excluding hydrogens is 657 g/mol. The van der Waals surface area contributed by atoms with Crippen molar-refractivity contribution in [2.45, 2.75) is 103 Å². The lowest BCUT2D eigenvalue weighted by atomic mass is 9.34. The van der Waals surface area contributed by atoms with Gasteiger partial charge in [0.1, 0.15) is 23.0 Å². The predicted octanol–water partition coefficient (Wildman–Crippen LogP) is 11.5. The zero-order chi connectivity index (χ0) is 48.9. The Morgan fingerprint density at radius 1 is 0.556 bits per heavy atom. The van der Waals surface area contributed by atoms with E-state index in [-0.39, 0.29) is 146 Å². The molecule has 0 N–H and O–H groups in total. The molecule has 6 aliphatic rings. The van der Waals surface area contributed by atoms with Crippen molar-refractivity contribution in [2.24, 2.45) is 23.7 Å². The quantitative estimate of drug-likeness (QED) is 0.153. The molecule has 272 valence electrons. The molecule has 54 heavy (non-hydrogen) atoms. The van der Waals surface area contributed by atoms with Gasteiger partial charge in [0.05, 0.1) is 24.9 Å². The Labute approximate surface area is 341 Å². The van der Waals surface area contributed by atoms with E-state index in [1.807, 2.05) is 41.5 Å². The Hall–Kier alpha value is -4.44. The minimum atomic E-state index is -1.09. The van der Waals surface area contributed by atoms with Crippen molar-refractivity contribution < 1.29 is 28.7 Å². The summed E-state index contributed by atoms with van der Waals surface area (Å²) in [6.45, 7) is 9.98. The fourth-order valence-corrected chi connectivity index (χ4v) is 8.74. The minimum Gasteiger partial charge on any atom is -0.458 e. The van der Waals surface area contributed by atoms with Crippen molar-refractivity contribution in [2.75, 3.05) is 4.90 Å². The number of nitrogens with zero attached hydrogens (tertiary/aromatic N) is 1. The summed E-state index contributed by atoms with van der Waals surface area (Å²) in [6.07, 6.45) is 5.77. The molecule has 0 spiro atoms. The van der Waals surface area contributed by atoms with Crippen molar-refractivity contribution in [1.29, 1.82) is 0 Å².